The number of amides is 1. The molecule has 1 saturated carbocycles. The normalized spacial score (nSPS) is 20.5. The van der Waals surface area contributed by atoms with E-state index in [0.29, 0.717) is 31.0 Å². The van der Waals surface area contributed by atoms with Crippen LogP contribution in [0.15, 0.2) is 29.3 Å². The van der Waals surface area contributed by atoms with Gasteiger partial charge in [-0.15, -0.1) is 0 Å². The Hall–Kier alpha value is -2.04. The maximum atomic E-state index is 11.9. The van der Waals surface area contributed by atoms with Crippen LogP contribution in [-0.4, -0.2) is 35.9 Å². The Morgan fingerprint density at radius 3 is 2.68 bits per heavy atom. The zero-order valence-corrected chi connectivity index (χ0v) is 17.8. The molecule has 1 aliphatic heterocycles. The molecular weight excluding hydrogens is 348 g/mol. The fourth-order valence-corrected chi connectivity index (χ4v) is 4.15. The minimum Gasteiger partial charge on any atom is -0.357 e. The van der Waals surface area contributed by atoms with Gasteiger partial charge >= 0.3 is 0 Å². The smallest absolute Gasteiger partial charge is 0.222 e. The number of aliphatic imine (C=N–C) groups is 1. The fourth-order valence-electron chi connectivity index (χ4n) is 4.15. The lowest BCUT2D eigenvalue weighted by atomic mass is 9.75. The summed E-state index contributed by atoms with van der Waals surface area (Å²) >= 11 is 0. The molecular formula is C23H36N4O. The molecule has 28 heavy (non-hydrogen) atoms. The summed E-state index contributed by atoms with van der Waals surface area (Å²) < 4.78 is 0. The predicted octanol–water partition coefficient (Wildman–Crippen LogP) is 3.83. The van der Waals surface area contributed by atoms with Gasteiger partial charge in [-0.2, -0.15) is 0 Å². The van der Waals surface area contributed by atoms with E-state index in [4.69, 9.17) is 4.99 Å². The van der Waals surface area contributed by atoms with Gasteiger partial charge in [-0.1, -0.05) is 38.1 Å². The van der Waals surface area contributed by atoms with Crippen molar-refractivity contribution in [1.82, 2.24) is 15.5 Å². The molecule has 1 amide bonds. The number of carbonyl (C=O) groups excluding carboxylic acids is 1. The lowest BCUT2D eigenvalue weighted by Crippen LogP contribution is -2.45. The Balaban J connectivity index is 1.58. The average molecular weight is 385 g/mol. The Morgan fingerprint density at radius 1 is 1.25 bits per heavy atom. The molecule has 0 spiro atoms. The van der Waals surface area contributed by atoms with Crippen LogP contribution in [0.2, 0.25) is 0 Å². The summed E-state index contributed by atoms with van der Waals surface area (Å²) in [6, 6.07) is 8.99. The number of nitrogens with one attached hydrogen (secondary N) is 2. The molecule has 5 heteroatoms. The lowest BCUT2D eigenvalue weighted by Gasteiger charge is -2.35. The van der Waals surface area contributed by atoms with E-state index in [2.05, 4.69) is 55.7 Å². The van der Waals surface area contributed by atoms with Crippen LogP contribution in [0.1, 0.15) is 70.4 Å². The van der Waals surface area contributed by atoms with Crippen LogP contribution in [0, 0.1) is 5.41 Å². The highest BCUT2D eigenvalue weighted by atomic mass is 16.2. The van der Waals surface area contributed by atoms with Gasteiger partial charge in [0.1, 0.15) is 0 Å². The van der Waals surface area contributed by atoms with Crippen molar-refractivity contribution in [2.45, 2.75) is 78.4 Å². The summed E-state index contributed by atoms with van der Waals surface area (Å²) in [4.78, 5) is 18.6. The van der Waals surface area contributed by atoms with Gasteiger partial charge in [0.2, 0.25) is 5.91 Å². The van der Waals surface area contributed by atoms with Gasteiger partial charge < -0.3 is 15.5 Å². The van der Waals surface area contributed by atoms with Crippen molar-refractivity contribution >= 4 is 11.9 Å². The Morgan fingerprint density at radius 2 is 2.00 bits per heavy atom. The number of guanidine groups is 1. The Kier molecular flexibility index (Phi) is 6.97. The number of benzene rings is 1. The summed E-state index contributed by atoms with van der Waals surface area (Å²) in [5.41, 5.74) is 2.85. The molecule has 2 N–H and O–H groups in total. The van der Waals surface area contributed by atoms with E-state index in [-0.39, 0.29) is 5.91 Å². The van der Waals surface area contributed by atoms with E-state index in [1.165, 1.54) is 36.8 Å². The first-order chi connectivity index (χ1) is 13.4. The van der Waals surface area contributed by atoms with Gasteiger partial charge in [-0.05, 0) is 55.6 Å². The number of nitrogens with zero attached hydrogens (tertiary/aromatic N) is 2. The van der Waals surface area contributed by atoms with Gasteiger partial charge in [-0.25, -0.2) is 4.99 Å². The van der Waals surface area contributed by atoms with Crippen LogP contribution in [0.25, 0.3) is 0 Å². The fraction of sp³-hybridized carbons (Fsp3) is 0.652. The van der Waals surface area contributed by atoms with Crippen LogP contribution in [0.3, 0.4) is 0 Å². The van der Waals surface area contributed by atoms with Gasteiger partial charge in [0.05, 0.1) is 6.54 Å². The first kappa shape index (κ1) is 20.7. The minimum atomic E-state index is 0.276. The van der Waals surface area contributed by atoms with Gasteiger partial charge in [-0.3, -0.25) is 4.79 Å². The SMILES string of the molecule is CCNC(=NCc1cccc(CN2CCCC2=O)c1)NC1CCC(C)(C)CC1. The monoisotopic (exact) mass is 384 g/mol. The van der Waals surface area contributed by atoms with E-state index in [0.717, 1.165) is 25.5 Å². The van der Waals surface area contributed by atoms with Crippen LogP contribution >= 0.6 is 0 Å². The second kappa shape index (κ2) is 9.44. The molecule has 1 aromatic carbocycles. The molecule has 0 radical (unpaired) electrons. The van der Waals surface area contributed by atoms with E-state index >= 15 is 0 Å². The van der Waals surface area contributed by atoms with Crippen molar-refractivity contribution in [3.8, 4) is 0 Å². The molecule has 3 rings (SSSR count). The molecule has 0 aromatic heterocycles. The molecule has 5 nitrogen and oxygen atoms in total. The first-order valence-electron chi connectivity index (χ1n) is 10.9. The van der Waals surface area contributed by atoms with E-state index in [9.17, 15) is 4.79 Å². The third kappa shape index (κ3) is 5.98. The maximum Gasteiger partial charge on any atom is 0.222 e. The third-order valence-electron chi connectivity index (χ3n) is 5.98. The molecule has 0 atom stereocenters. The van der Waals surface area contributed by atoms with Crippen molar-refractivity contribution in [3.05, 3.63) is 35.4 Å². The molecule has 1 saturated heterocycles. The van der Waals surface area contributed by atoms with Crippen LogP contribution < -0.4 is 10.6 Å². The van der Waals surface area contributed by atoms with Crippen molar-refractivity contribution < 1.29 is 4.79 Å². The number of rotatable bonds is 6. The topological polar surface area (TPSA) is 56.7 Å². The molecule has 1 aliphatic carbocycles. The van der Waals surface area contributed by atoms with Crippen molar-refractivity contribution in [2.75, 3.05) is 13.1 Å². The van der Waals surface area contributed by atoms with E-state index in [1.54, 1.807) is 0 Å². The van der Waals surface area contributed by atoms with Gasteiger partial charge in [0, 0.05) is 32.1 Å². The zero-order chi connectivity index (χ0) is 20.0. The average Bonchev–Trinajstić information content (AvgIpc) is 3.06. The number of hydrogen-bond acceptors (Lipinski definition) is 2. The number of hydrogen-bond donors (Lipinski definition) is 2. The van der Waals surface area contributed by atoms with E-state index in [1.807, 2.05) is 4.90 Å². The highest BCUT2D eigenvalue weighted by molar-refractivity contribution is 5.80. The van der Waals surface area contributed by atoms with Crippen molar-refractivity contribution in [3.63, 3.8) is 0 Å². The number of carbonyl (C=O) groups is 1. The first-order valence-corrected chi connectivity index (χ1v) is 10.9. The summed E-state index contributed by atoms with van der Waals surface area (Å²) in [6.07, 6.45) is 6.62. The summed E-state index contributed by atoms with van der Waals surface area (Å²) in [6.45, 7) is 9.95. The predicted molar refractivity (Wildman–Crippen MR) is 115 cm³/mol. The van der Waals surface area contributed by atoms with Crippen molar-refractivity contribution in [2.24, 2.45) is 10.4 Å². The molecule has 1 heterocycles. The summed E-state index contributed by atoms with van der Waals surface area (Å²) in [5.74, 6) is 1.19. The molecule has 2 aliphatic rings. The van der Waals surface area contributed by atoms with Gasteiger partial charge in [0.15, 0.2) is 5.96 Å². The lowest BCUT2D eigenvalue weighted by molar-refractivity contribution is -0.128. The summed E-state index contributed by atoms with van der Waals surface area (Å²) in [5, 5.41) is 7.02. The minimum absolute atomic E-state index is 0.276. The Labute approximate surface area is 170 Å². The summed E-state index contributed by atoms with van der Waals surface area (Å²) in [7, 11) is 0. The van der Waals surface area contributed by atoms with Gasteiger partial charge in [0.25, 0.3) is 0 Å². The highest BCUT2D eigenvalue weighted by Gasteiger charge is 2.27. The second-order valence-electron chi connectivity index (χ2n) is 9.02. The van der Waals surface area contributed by atoms with E-state index < -0.39 is 0 Å². The molecule has 2 fully saturated rings. The molecule has 154 valence electrons. The highest BCUT2D eigenvalue weighted by Crippen LogP contribution is 2.34. The maximum absolute atomic E-state index is 11.9. The van der Waals surface area contributed by atoms with Crippen LogP contribution in [-0.2, 0) is 17.9 Å². The standard InChI is InChI=1S/C23H36N4O/c1-4-24-22(26-20-10-12-23(2,3)13-11-20)25-16-18-7-5-8-19(15-18)17-27-14-6-9-21(27)28/h5,7-8,15,20H,4,6,9-14,16-17H2,1-3H3,(H2,24,25,26). The molecule has 0 unspecified atom stereocenters. The zero-order valence-electron chi connectivity index (χ0n) is 17.8. The Bertz CT molecular complexity index is 688. The molecule has 0 bridgehead atoms. The largest absolute Gasteiger partial charge is 0.357 e. The van der Waals surface area contributed by atoms with Crippen molar-refractivity contribution in [1.29, 1.82) is 0 Å². The van der Waals surface area contributed by atoms with Crippen LogP contribution in [0.5, 0.6) is 0 Å². The number of likely N-dealkylation sites (tertiary alicyclic amines) is 1. The second-order valence-corrected chi connectivity index (χ2v) is 9.02. The third-order valence-corrected chi connectivity index (χ3v) is 5.98. The van der Waals surface area contributed by atoms with Crippen LogP contribution in [0.4, 0.5) is 0 Å². The molecule has 1 aromatic rings. The quantitative estimate of drug-likeness (QED) is 0.579.